The van der Waals surface area contributed by atoms with Gasteiger partial charge >= 0.3 is 5.97 Å². The molecule has 0 aromatic rings. The average molecular weight is 320 g/mol. The topological polar surface area (TPSA) is 54.4 Å². The molecule has 1 N–H and O–H groups in total. The fraction of sp³-hybridized carbons (Fsp3) is 0.800. The molecule has 0 spiro atoms. The molecule has 0 aromatic carbocycles. The van der Waals surface area contributed by atoms with E-state index in [-0.39, 0.29) is 11.3 Å². The van der Waals surface area contributed by atoms with E-state index in [4.69, 9.17) is 0 Å². The lowest BCUT2D eigenvalue weighted by Crippen LogP contribution is -2.53. The van der Waals surface area contributed by atoms with Gasteiger partial charge in [-0.05, 0) is 68.6 Å². The van der Waals surface area contributed by atoms with E-state index in [0.717, 1.165) is 51.2 Å². The van der Waals surface area contributed by atoms with Crippen LogP contribution in [-0.4, -0.2) is 17.4 Å². The Morgan fingerprint density at radius 2 is 2.13 bits per heavy atom. The molecular formula is C20H32O3. The van der Waals surface area contributed by atoms with Crippen molar-refractivity contribution in [3.8, 4) is 0 Å². The summed E-state index contributed by atoms with van der Waals surface area (Å²) < 4.78 is 0. The molecule has 130 valence electrons. The molecule has 5 atom stereocenters. The number of allylic oxidation sites excluding steroid dienone is 1. The fourth-order valence-electron chi connectivity index (χ4n) is 5.47. The first-order chi connectivity index (χ1) is 10.8. The van der Waals surface area contributed by atoms with Gasteiger partial charge in [0.2, 0.25) is 0 Å². The summed E-state index contributed by atoms with van der Waals surface area (Å²) >= 11 is 0. The Balaban J connectivity index is 2.22. The third-order valence-corrected chi connectivity index (χ3v) is 6.95. The summed E-state index contributed by atoms with van der Waals surface area (Å²) in [6, 6.07) is 0. The Morgan fingerprint density at radius 1 is 1.43 bits per heavy atom. The maximum absolute atomic E-state index is 12.0. The second kappa shape index (κ2) is 6.78. The molecule has 3 nitrogen and oxygen atoms in total. The molecule has 0 saturated heterocycles. The molecule has 2 aliphatic rings. The second-order valence-corrected chi connectivity index (χ2v) is 8.47. The van der Waals surface area contributed by atoms with Crippen LogP contribution in [0.5, 0.6) is 0 Å². The van der Waals surface area contributed by atoms with Gasteiger partial charge in [0, 0.05) is 6.42 Å². The molecule has 0 radical (unpaired) electrons. The van der Waals surface area contributed by atoms with Gasteiger partial charge in [-0.1, -0.05) is 32.4 Å². The number of rotatable bonds is 6. The lowest BCUT2D eigenvalue weighted by atomic mass is 9.46. The van der Waals surface area contributed by atoms with Crippen molar-refractivity contribution in [3.05, 3.63) is 12.2 Å². The van der Waals surface area contributed by atoms with Crippen LogP contribution in [-0.2, 0) is 9.59 Å². The molecule has 2 aliphatic carbocycles. The minimum absolute atomic E-state index is 0.0433. The van der Waals surface area contributed by atoms with E-state index in [1.54, 1.807) is 0 Å². The van der Waals surface area contributed by atoms with Crippen molar-refractivity contribution in [2.45, 2.75) is 72.1 Å². The lowest BCUT2D eigenvalue weighted by molar-refractivity contribution is -0.164. The average Bonchev–Trinajstić information content (AvgIpc) is 2.46. The third-order valence-electron chi connectivity index (χ3n) is 6.95. The molecule has 5 unspecified atom stereocenters. The molecule has 0 amide bonds. The van der Waals surface area contributed by atoms with Crippen molar-refractivity contribution in [1.29, 1.82) is 0 Å². The number of fused-ring (bicyclic) bond motifs is 1. The minimum Gasteiger partial charge on any atom is -0.481 e. The quantitative estimate of drug-likeness (QED) is 0.562. The standard InChI is InChI=1S/C20H32O3/c1-14(10-13-21)6-8-16-15(2)7-9-17-19(16,3)11-5-12-20(17,4)18(22)23/h13-14,16-17H,2,5-12H2,1,3-4H3,(H,22,23). The van der Waals surface area contributed by atoms with Gasteiger partial charge in [0.1, 0.15) is 6.29 Å². The highest BCUT2D eigenvalue weighted by Crippen LogP contribution is 2.62. The number of aliphatic carboxylic acids is 1. The van der Waals surface area contributed by atoms with Crippen LogP contribution in [0.4, 0.5) is 0 Å². The van der Waals surface area contributed by atoms with Gasteiger partial charge in [0.25, 0.3) is 0 Å². The maximum Gasteiger partial charge on any atom is 0.309 e. The maximum atomic E-state index is 12.0. The van der Waals surface area contributed by atoms with Crippen LogP contribution in [0.25, 0.3) is 0 Å². The fourth-order valence-corrected chi connectivity index (χ4v) is 5.47. The Hall–Kier alpha value is -1.12. The van der Waals surface area contributed by atoms with Crippen molar-refractivity contribution >= 4 is 12.3 Å². The molecule has 0 heterocycles. The number of hydrogen-bond acceptors (Lipinski definition) is 2. The summed E-state index contributed by atoms with van der Waals surface area (Å²) in [5, 5.41) is 9.83. The van der Waals surface area contributed by atoms with Crippen LogP contribution < -0.4 is 0 Å². The number of carboxylic acid groups (broad SMARTS) is 1. The molecule has 2 fully saturated rings. The Morgan fingerprint density at radius 3 is 2.74 bits per heavy atom. The van der Waals surface area contributed by atoms with Crippen molar-refractivity contribution < 1.29 is 14.7 Å². The first kappa shape index (κ1) is 18.2. The zero-order valence-electron chi connectivity index (χ0n) is 14.9. The molecule has 2 saturated carbocycles. The highest BCUT2D eigenvalue weighted by Gasteiger charge is 2.57. The smallest absolute Gasteiger partial charge is 0.309 e. The number of aldehydes is 1. The van der Waals surface area contributed by atoms with E-state index in [2.05, 4.69) is 20.4 Å². The zero-order valence-corrected chi connectivity index (χ0v) is 14.9. The first-order valence-electron chi connectivity index (χ1n) is 9.10. The molecular weight excluding hydrogens is 288 g/mol. The monoisotopic (exact) mass is 320 g/mol. The largest absolute Gasteiger partial charge is 0.481 e. The van der Waals surface area contributed by atoms with E-state index in [0.29, 0.717) is 18.3 Å². The second-order valence-electron chi connectivity index (χ2n) is 8.47. The Kier molecular flexibility index (Phi) is 5.37. The predicted molar refractivity (Wildman–Crippen MR) is 92.1 cm³/mol. The van der Waals surface area contributed by atoms with Crippen molar-refractivity contribution in [2.24, 2.45) is 28.6 Å². The van der Waals surface area contributed by atoms with Gasteiger partial charge < -0.3 is 9.90 Å². The van der Waals surface area contributed by atoms with Crippen LogP contribution in [0.3, 0.4) is 0 Å². The number of carbonyl (C=O) groups is 2. The molecule has 0 aliphatic heterocycles. The summed E-state index contributed by atoms with van der Waals surface area (Å²) in [6.07, 6.45) is 8.48. The van der Waals surface area contributed by atoms with Crippen LogP contribution in [0.15, 0.2) is 12.2 Å². The van der Waals surface area contributed by atoms with E-state index in [1.807, 2.05) is 6.92 Å². The van der Waals surface area contributed by atoms with E-state index in [9.17, 15) is 14.7 Å². The van der Waals surface area contributed by atoms with Gasteiger partial charge in [-0.15, -0.1) is 0 Å². The zero-order chi connectivity index (χ0) is 17.3. The number of carboxylic acids is 1. The summed E-state index contributed by atoms with van der Waals surface area (Å²) in [7, 11) is 0. The SMILES string of the molecule is C=C1CCC2C(C)(C(=O)O)CCCC2(C)C1CCC(C)CC=O. The summed E-state index contributed by atoms with van der Waals surface area (Å²) in [5.41, 5.74) is 0.749. The summed E-state index contributed by atoms with van der Waals surface area (Å²) in [5.74, 6) is 0.403. The highest BCUT2D eigenvalue weighted by molar-refractivity contribution is 5.75. The van der Waals surface area contributed by atoms with Crippen LogP contribution >= 0.6 is 0 Å². The first-order valence-corrected chi connectivity index (χ1v) is 9.10. The molecule has 0 bridgehead atoms. The highest BCUT2D eigenvalue weighted by atomic mass is 16.4. The molecule has 0 aromatic heterocycles. The number of hydrogen-bond donors (Lipinski definition) is 1. The normalized spacial score (nSPS) is 38.7. The Labute approximate surface area is 140 Å². The van der Waals surface area contributed by atoms with E-state index >= 15 is 0 Å². The van der Waals surface area contributed by atoms with E-state index in [1.165, 1.54) is 5.57 Å². The lowest BCUT2D eigenvalue weighted by Gasteiger charge is -2.57. The predicted octanol–water partition coefficient (Wildman–Crippen LogP) is 4.86. The van der Waals surface area contributed by atoms with Crippen molar-refractivity contribution in [3.63, 3.8) is 0 Å². The van der Waals surface area contributed by atoms with Gasteiger partial charge in [-0.3, -0.25) is 4.79 Å². The van der Waals surface area contributed by atoms with Crippen molar-refractivity contribution in [2.75, 3.05) is 0 Å². The Bertz CT molecular complexity index is 483. The van der Waals surface area contributed by atoms with Crippen LogP contribution in [0.1, 0.15) is 72.1 Å². The summed E-state index contributed by atoms with van der Waals surface area (Å²) in [6.45, 7) is 10.7. The van der Waals surface area contributed by atoms with Gasteiger partial charge in [0.05, 0.1) is 5.41 Å². The third kappa shape index (κ3) is 3.25. The van der Waals surface area contributed by atoms with Gasteiger partial charge in [-0.2, -0.15) is 0 Å². The molecule has 3 heteroatoms. The summed E-state index contributed by atoms with van der Waals surface area (Å²) in [4.78, 5) is 22.7. The van der Waals surface area contributed by atoms with Crippen molar-refractivity contribution in [1.82, 2.24) is 0 Å². The number of carbonyl (C=O) groups excluding carboxylic acids is 1. The minimum atomic E-state index is -0.631. The van der Waals surface area contributed by atoms with Crippen LogP contribution in [0.2, 0.25) is 0 Å². The van der Waals surface area contributed by atoms with Gasteiger partial charge in [0.15, 0.2) is 0 Å². The van der Waals surface area contributed by atoms with Crippen LogP contribution in [0, 0.1) is 28.6 Å². The van der Waals surface area contributed by atoms with E-state index < -0.39 is 11.4 Å². The van der Waals surface area contributed by atoms with Gasteiger partial charge in [-0.25, -0.2) is 0 Å². The molecule has 23 heavy (non-hydrogen) atoms. The molecule has 2 rings (SSSR count).